The van der Waals surface area contributed by atoms with Gasteiger partial charge in [-0.15, -0.1) is 0 Å². The molecule has 1 aliphatic rings. The minimum absolute atomic E-state index is 0.463. The highest BCUT2D eigenvalue weighted by atomic mass is 16.5. The molecule has 1 heterocycles. The van der Waals surface area contributed by atoms with Gasteiger partial charge in [-0.3, -0.25) is 0 Å². The van der Waals surface area contributed by atoms with E-state index in [-0.39, 0.29) is 0 Å². The van der Waals surface area contributed by atoms with Crippen LogP contribution in [0.5, 0.6) is 0 Å². The van der Waals surface area contributed by atoms with Gasteiger partial charge in [0.1, 0.15) is 0 Å². The summed E-state index contributed by atoms with van der Waals surface area (Å²) in [4.78, 5) is 0. The van der Waals surface area contributed by atoms with Crippen molar-refractivity contribution in [3.63, 3.8) is 0 Å². The highest BCUT2D eigenvalue weighted by Crippen LogP contribution is 1.97. The number of nitrogens with zero attached hydrogens (tertiary/aromatic N) is 1. The molecule has 0 aromatic heterocycles. The fourth-order valence-electron chi connectivity index (χ4n) is 0.576. The van der Waals surface area contributed by atoms with Crippen LogP contribution in [0.1, 0.15) is 6.92 Å². The summed E-state index contributed by atoms with van der Waals surface area (Å²) in [6.45, 7) is 4.69. The molecular weight excluding hydrogens is 90.1 g/mol. The summed E-state index contributed by atoms with van der Waals surface area (Å²) in [6, 6.07) is 0. The van der Waals surface area contributed by atoms with Crippen LogP contribution in [0.15, 0.2) is 0 Å². The molecule has 1 radical (unpaired) electrons. The van der Waals surface area contributed by atoms with E-state index in [2.05, 4.69) is 5.32 Å². The predicted octanol–water partition coefficient (Wildman–Crippen LogP) is 0.00950. The van der Waals surface area contributed by atoms with Crippen molar-refractivity contribution in [1.29, 1.82) is 0 Å². The molecule has 0 aromatic rings. The lowest BCUT2D eigenvalue weighted by atomic mass is 10.2. The summed E-state index contributed by atoms with van der Waals surface area (Å²) in [5, 5.41) is 3.99. The first-order chi connectivity index (χ1) is 3.43. The van der Waals surface area contributed by atoms with Gasteiger partial charge in [0, 0.05) is 19.7 Å². The summed E-state index contributed by atoms with van der Waals surface area (Å²) < 4.78 is 5.18. The average molecular weight is 100 g/mol. The van der Waals surface area contributed by atoms with Gasteiger partial charge in [0.15, 0.2) is 0 Å². The lowest BCUT2D eigenvalue weighted by molar-refractivity contribution is 0.0248. The van der Waals surface area contributed by atoms with E-state index in [4.69, 9.17) is 4.74 Å². The second-order valence-electron chi connectivity index (χ2n) is 1.67. The molecule has 1 rings (SSSR count). The fraction of sp³-hybridized carbons (Fsp3) is 1.00. The SMILES string of the molecule is CCOC1C[N]C1. The first kappa shape index (κ1) is 5.06. The summed E-state index contributed by atoms with van der Waals surface area (Å²) in [5.74, 6) is 0. The van der Waals surface area contributed by atoms with Crippen LogP contribution in [-0.2, 0) is 4.74 Å². The van der Waals surface area contributed by atoms with Crippen molar-refractivity contribution in [3.05, 3.63) is 0 Å². The van der Waals surface area contributed by atoms with Gasteiger partial charge in [-0.2, -0.15) is 0 Å². The number of hydrogen-bond acceptors (Lipinski definition) is 1. The van der Waals surface area contributed by atoms with Crippen LogP contribution in [0.4, 0.5) is 0 Å². The van der Waals surface area contributed by atoms with Gasteiger partial charge in [-0.05, 0) is 6.92 Å². The maximum Gasteiger partial charge on any atom is 0.0856 e. The minimum Gasteiger partial charge on any atom is -0.376 e. The normalized spacial score (nSPS) is 21.9. The van der Waals surface area contributed by atoms with E-state index in [0.717, 1.165) is 19.7 Å². The van der Waals surface area contributed by atoms with Crippen molar-refractivity contribution in [2.75, 3.05) is 19.7 Å². The maximum absolute atomic E-state index is 5.18. The molecule has 0 atom stereocenters. The molecule has 0 unspecified atom stereocenters. The second-order valence-corrected chi connectivity index (χ2v) is 1.67. The molecule has 1 saturated heterocycles. The molecule has 0 amide bonds. The standard InChI is InChI=1S/C5H10NO/c1-2-7-5-3-6-4-5/h5H,2-4H2,1H3. The zero-order valence-electron chi connectivity index (χ0n) is 4.55. The first-order valence-corrected chi connectivity index (χ1v) is 2.68. The third kappa shape index (κ3) is 1.14. The molecule has 7 heavy (non-hydrogen) atoms. The molecule has 0 bridgehead atoms. The molecule has 0 spiro atoms. The van der Waals surface area contributed by atoms with Crippen LogP contribution >= 0.6 is 0 Å². The Morgan fingerprint density at radius 1 is 1.71 bits per heavy atom. The topological polar surface area (TPSA) is 23.3 Å². The molecular formula is C5H10NO. The van der Waals surface area contributed by atoms with Crippen LogP contribution in [0.2, 0.25) is 0 Å². The fourth-order valence-corrected chi connectivity index (χ4v) is 0.576. The molecule has 0 N–H and O–H groups in total. The molecule has 2 nitrogen and oxygen atoms in total. The highest BCUT2D eigenvalue weighted by molar-refractivity contribution is 4.73. The molecule has 1 fully saturated rings. The van der Waals surface area contributed by atoms with Crippen molar-refractivity contribution in [2.24, 2.45) is 0 Å². The molecule has 2 heteroatoms. The summed E-state index contributed by atoms with van der Waals surface area (Å²) >= 11 is 0. The first-order valence-electron chi connectivity index (χ1n) is 2.68. The Labute approximate surface area is 43.9 Å². The summed E-state index contributed by atoms with van der Waals surface area (Å²) in [6.07, 6.45) is 0.463. The Hall–Kier alpha value is -0.0800. The molecule has 0 saturated carbocycles. The van der Waals surface area contributed by atoms with Crippen LogP contribution in [0, 0.1) is 0 Å². The number of hydrogen-bond donors (Lipinski definition) is 0. The second kappa shape index (κ2) is 2.28. The van der Waals surface area contributed by atoms with Gasteiger partial charge in [-0.1, -0.05) is 0 Å². The van der Waals surface area contributed by atoms with Crippen LogP contribution in [-0.4, -0.2) is 25.8 Å². The Bertz CT molecular complexity index is 52.0. The maximum atomic E-state index is 5.18. The van der Waals surface area contributed by atoms with Gasteiger partial charge in [0.05, 0.1) is 6.10 Å². The summed E-state index contributed by atoms with van der Waals surface area (Å²) in [7, 11) is 0. The van der Waals surface area contributed by atoms with Crippen molar-refractivity contribution in [3.8, 4) is 0 Å². The highest BCUT2D eigenvalue weighted by Gasteiger charge is 2.16. The van der Waals surface area contributed by atoms with E-state index in [1.807, 2.05) is 6.92 Å². The van der Waals surface area contributed by atoms with E-state index >= 15 is 0 Å². The molecule has 0 aliphatic carbocycles. The average Bonchev–Trinajstić information content (AvgIpc) is 1.55. The van der Waals surface area contributed by atoms with E-state index in [1.165, 1.54) is 0 Å². The van der Waals surface area contributed by atoms with Gasteiger partial charge >= 0.3 is 0 Å². The zero-order valence-corrected chi connectivity index (χ0v) is 4.55. The lowest BCUT2D eigenvalue weighted by Crippen LogP contribution is -2.43. The van der Waals surface area contributed by atoms with Crippen molar-refractivity contribution < 1.29 is 4.74 Å². The lowest BCUT2D eigenvalue weighted by Gasteiger charge is -2.24. The van der Waals surface area contributed by atoms with Crippen LogP contribution in [0.25, 0.3) is 0 Å². The van der Waals surface area contributed by atoms with Crippen LogP contribution < -0.4 is 5.32 Å². The van der Waals surface area contributed by atoms with Gasteiger partial charge in [-0.25, -0.2) is 5.32 Å². The van der Waals surface area contributed by atoms with Crippen LogP contribution in [0.3, 0.4) is 0 Å². The Kier molecular flexibility index (Phi) is 1.65. The largest absolute Gasteiger partial charge is 0.376 e. The molecule has 41 valence electrons. The van der Waals surface area contributed by atoms with E-state index in [0.29, 0.717) is 6.10 Å². The van der Waals surface area contributed by atoms with E-state index in [9.17, 15) is 0 Å². The van der Waals surface area contributed by atoms with Gasteiger partial charge < -0.3 is 4.74 Å². The quantitative estimate of drug-likeness (QED) is 0.479. The summed E-state index contributed by atoms with van der Waals surface area (Å²) in [5.41, 5.74) is 0. The van der Waals surface area contributed by atoms with Gasteiger partial charge in [0.2, 0.25) is 0 Å². The van der Waals surface area contributed by atoms with E-state index < -0.39 is 0 Å². The molecule has 1 aliphatic heterocycles. The predicted molar refractivity (Wildman–Crippen MR) is 27.3 cm³/mol. The zero-order chi connectivity index (χ0) is 5.11. The van der Waals surface area contributed by atoms with E-state index in [1.54, 1.807) is 0 Å². The Morgan fingerprint density at radius 3 is 2.57 bits per heavy atom. The van der Waals surface area contributed by atoms with Crippen molar-refractivity contribution in [2.45, 2.75) is 13.0 Å². The van der Waals surface area contributed by atoms with Gasteiger partial charge in [0.25, 0.3) is 0 Å². The van der Waals surface area contributed by atoms with Crippen molar-refractivity contribution in [1.82, 2.24) is 5.32 Å². The smallest absolute Gasteiger partial charge is 0.0856 e. The minimum atomic E-state index is 0.463. The van der Waals surface area contributed by atoms with Crippen molar-refractivity contribution >= 4 is 0 Å². The Morgan fingerprint density at radius 2 is 2.43 bits per heavy atom. The number of ether oxygens (including phenoxy) is 1. The number of rotatable bonds is 2. The monoisotopic (exact) mass is 100 g/mol. The Balaban J connectivity index is 1.93. The third-order valence-corrected chi connectivity index (χ3v) is 1.07. The molecule has 0 aromatic carbocycles. The third-order valence-electron chi connectivity index (χ3n) is 1.07.